The van der Waals surface area contributed by atoms with Crippen LogP contribution in [0.4, 0.5) is 0 Å². The number of aliphatic imine (C=N–C) groups is 1. The molecule has 0 rings (SSSR count). The number of hydrogen-bond acceptors (Lipinski definition) is 3. The Bertz CT molecular complexity index is 428. The van der Waals surface area contributed by atoms with E-state index in [0.29, 0.717) is 24.9 Å². The summed E-state index contributed by atoms with van der Waals surface area (Å²) in [5, 5.41) is 6.62. The summed E-state index contributed by atoms with van der Waals surface area (Å²) < 4.78 is 22.6. The van der Waals surface area contributed by atoms with E-state index in [1.807, 2.05) is 6.92 Å². The molecular formula is C15H33N3O2S. The molecule has 0 saturated heterocycles. The zero-order valence-electron chi connectivity index (χ0n) is 14.7. The number of nitrogens with one attached hydrogen (secondary N) is 2. The van der Waals surface area contributed by atoms with Crippen LogP contribution in [0.3, 0.4) is 0 Å². The summed E-state index contributed by atoms with van der Waals surface area (Å²) in [6, 6.07) is 0.335. The molecule has 5 nitrogen and oxygen atoms in total. The highest BCUT2D eigenvalue weighted by molar-refractivity contribution is 7.90. The second kappa shape index (κ2) is 8.61. The maximum Gasteiger partial charge on any atom is 0.191 e. The first-order valence-electron chi connectivity index (χ1n) is 7.69. The van der Waals surface area contributed by atoms with E-state index in [1.165, 1.54) is 6.26 Å². The fourth-order valence-corrected chi connectivity index (χ4v) is 2.46. The van der Waals surface area contributed by atoms with E-state index in [1.54, 1.807) is 0 Å². The minimum absolute atomic E-state index is 0.132. The van der Waals surface area contributed by atoms with Crippen LogP contribution in [-0.2, 0) is 9.84 Å². The lowest BCUT2D eigenvalue weighted by Crippen LogP contribution is -2.44. The molecule has 0 aromatic heterocycles. The molecule has 0 saturated carbocycles. The molecule has 21 heavy (non-hydrogen) atoms. The normalized spacial score (nSPS) is 15.1. The highest BCUT2D eigenvalue weighted by atomic mass is 32.2. The summed E-state index contributed by atoms with van der Waals surface area (Å²) >= 11 is 0. The van der Waals surface area contributed by atoms with Crippen LogP contribution in [0, 0.1) is 11.3 Å². The van der Waals surface area contributed by atoms with E-state index in [4.69, 9.17) is 0 Å². The van der Waals surface area contributed by atoms with Crippen LogP contribution in [0.1, 0.15) is 48.0 Å². The Morgan fingerprint density at radius 2 is 1.81 bits per heavy atom. The Hall–Kier alpha value is -0.780. The van der Waals surface area contributed by atoms with Crippen molar-refractivity contribution in [3.05, 3.63) is 0 Å². The van der Waals surface area contributed by atoms with Crippen molar-refractivity contribution in [3.63, 3.8) is 0 Å². The molecule has 0 fully saturated rings. The van der Waals surface area contributed by atoms with Crippen molar-refractivity contribution in [3.8, 4) is 0 Å². The summed E-state index contributed by atoms with van der Waals surface area (Å²) in [5.74, 6) is 1.53. The van der Waals surface area contributed by atoms with Gasteiger partial charge in [0.2, 0.25) is 0 Å². The first kappa shape index (κ1) is 20.2. The Kier molecular flexibility index (Phi) is 8.29. The van der Waals surface area contributed by atoms with Gasteiger partial charge in [-0.05, 0) is 31.6 Å². The van der Waals surface area contributed by atoms with Crippen molar-refractivity contribution in [2.75, 3.05) is 25.1 Å². The Labute approximate surface area is 130 Å². The summed E-state index contributed by atoms with van der Waals surface area (Å²) in [7, 11) is -2.92. The molecule has 0 spiro atoms. The molecule has 126 valence electrons. The van der Waals surface area contributed by atoms with Gasteiger partial charge in [0.25, 0.3) is 0 Å². The van der Waals surface area contributed by atoms with Gasteiger partial charge in [-0.1, -0.05) is 27.7 Å². The molecule has 6 heteroatoms. The third-order valence-electron chi connectivity index (χ3n) is 3.52. The van der Waals surface area contributed by atoms with Crippen LogP contribution in [-0.4, -0.2) is 45.5 Å². The van der Waals surface area contributed by atoms with Gasteiger partial charge in [-0.15, -0.1) is 0 Å². The van der Waals surface area contributed by atoms with Gasteiger partial charge in [-0.3, -0.25) is 4.99 Å². The lowest BCUT2D eigenvalue weighted by atomic mass is 9.90. The van der Waals surface area contributed by atoms with Crippen LogP contribution in [0.15, 0.2) is 4.99 Å². The minimum atomic E-state index is -2.92. The predicted molar refractivity (Wildman–Crippen MR) is 91.5 cm³/mol. The average Bonchev–Trinajstić information content (AvgIpc) is 2.33. The molecule has 0 aliphatic rings. The Balaban J connectivity index is 4.66. The lowest BCUT2D eigenvalue weighted by molar-refractivity contribution is 0.364. The van der Waals surface area contributed by atoms with Gasteiger partial charge in [0.05, 0.1) is 5.75 Å². The zero-order valence-corrected chi connectivity index (χ0v) is 15.5. The first-order chi connectivity index (χ1) is 9.47. The highest BCUT2D eigenvalue weighted by Crippen LogP contribution is 2.21. The van der Waals surface area contributed by atoms with Crippen molar-refractivity contribution in [2.24, 2.45) is 16.3 Å². The smallest absolute Gasteiger partial charge is 0.191 e. The van der Waals surface area contributed by atoms with Gasteiger partial charge in [0.1, 0.15) is 9.84 Å². The SMILES string of the molecule is CCNC(=NCC(C)(C)CCS(C)(=O)=O)NC(C)C(C)C. The lowest BCUT2D eigenvalue weighted by Gasteiger charge is -2.24. The quantitative estimate of drug-likeness (QED) is 0.530. The molecule has 0 heterocycles. The molecule has 0 amide bonds. The number of sulfone groups is 1. The molecule has 0 aliphatic heterocycles. The van der Waals surface area contributed by atoms with Crippen LogP contribution >= 0.6 is 0 Å². The van der Waals surface area contributed by atoms with Gasteiger partial charge >= 0.3 is 0 Å². The monoisotopic (exact) mass is 319 g/mol. The average molecular weight is 320 g/mol. The third kappa shape index (κ3) is 10.6. The molecule has 2 N–H and O–H groups in total. The van der Waals surface area contributed by atoms with E-state index < -0.39 is 9.84 Å². The maximum atomic E-state index is 11.3. The number of nitrogens with zero attached hydrogens (tertiary/aromatic N) is 1. The van der Waals surface area contributed by atoms with Crippen LogP contribution < -0.4 is 10.6 Å². The first-order valence-corrected chi connectivity index (χ1v) is 9.75. The van der Waals surface area contributed by atoms with Gasteiger partial charge in [0, 0.05) is 25.4 Å². The largest absolute Gasteiger partial charge is 0.357 e. The van der Waals surface area contributed by atoms with Gasteiger partial charge in [-0.2, -0.15) is 0 Å². The Morgan fingerprint density at radius 3 is 2.24 bits per heavy atom. The topological polar surface area (TPSA) is 70.6 Å². The molecule has 0 bridgehead atoms. The van der Waals surface area contributed by atoms with Crippen molar-refractivity contribution in [1.82, 2.24) is 10.6 Å². The summed E-state index contributed by atoms with van der Waals surface area (Å²) in [6.45, 7) is 14.0. The molecule has 0 radical (unpaired) electrons. The van der Waals surface area contributed by atoms with Gasteiger partial charge < -0.3 is 10.6 Å². The van der Waals surface area contributed by atoms with Gasteiger partial charge in [0.15, 0.2) is 5.96 Å². The second-order valence-electron chi connectivity index (χ2n) is 6.92. The maximum absolute atomic E-state index is 11.3. The van der Waals surface area contributed by atoms with E-state index in [-0.39, 0.29) is 11.2 Å². The van der Waals surface area contributed by atoms with Crippen LogP contribution in [0.5, 0.6) is 0 Å². The molecule has 1 unspecified atom stereocenters. The highest BCUT2D eigenvalue weighted by Gasteiger charge is 2.20. The molecule has 1 atom stereocenters. The molecular weight excluding hydrogens is 286 g/mol. The van der Waals surface area contributed by atoms with E-state index in [9.17, 15) is 8.42 Å². The standard InChI is InChI=1S/C15H33N3O2S/c1-8-16-14(18-13(4)12(2)3)17-11-15(5,6)9-10-21(7,19)20/h12-13H,8-11H2,1-7H3,(H2,16,17,18). The van der Waals surface area contributed by atoms with E-state index in [0.717, 1.165) is 12.5 Å². The van der Waals surface area contributed by atoms with E-state index >= 15 is 0 Å². The predicted octanol–water partition coefficient (Wildman–Crippen LogP) is 2.05. The number of rotatable bonds is 8. The fourth-order valence-electron chi connectivity index (χ4n) is 1.54. The summed E-state index contributed by atoms with van der Waals surface area (Å²) in [4.78, 5) is 4.61. The second-order valence-corrected chi connectivity index (χ2v) is 9.18. The summed E-state index contributed by atoms with van der Waals surface area (Å²) in [6.07, 6.45) is 1.90. The minimum Gasteiger partial charge on any atom is -0.357 e. The Morgan fingerprint density at radius 1 is 1.24 bits per heavy atom. The summed E-state index contributed by atoms with van der Waals surface area (Å²) in [5.41, 5.74) is -0.132. The van der Waals surface area contributed by atoms with Crippen molar-refractivity contribution in [2.45, 2.75) is 54.0 Å². The van der Waals surface area contributed by atoms with Crippen molar-refractivity contribution >= 4 is 15.8 Å². The number of guanidine groups is 1. The zero-order chi connectivity index (χ0) is 16.7. The molecule has 0 aromatic rings. The van der Waals surface area contributed by atoms with Gasteiger partial charge in [-0.25, -0.2) is 8.42 Å². The van der Waals surface area contributed by atoms with E-state index in [2.05, 4.69) is 50.2 Å². The molecule has 0 aromatic carbocycles. The van der Waals surface area contributed by atoms with Crippen LogP contribution in [0.25, 0.3) is 0 Å². The van der Waals surface area contributed by atoms with Crippen molar-refractivity contribution < 1.29 is 8.42 Å². The fraction of sp³-hybridized carbons (Fsp3) is 0.933. The van der Waals surface area contributed by atoms with Crippen molar-refractivity contribution in [1.29, 1.82) is 0 Å². The molecule has 0 aliphatic carbocycles. The number of hydrogen-bond donors (Lipinski definition) is 2. The van der Waals surface area contributed by atoms with Crippen LogP contribution in [0.2, 0.25) is 0 Å². The third-order valence-corrected chi connectivity index (χ3v) is 4.47.